The number of aromatic hydroxyl groups is 1. The molecule has 0 bridgehead atoms. The first-order chi connectivity index (χ1) is 40.2. The van der Waals surface area contributed by atoms with Crippen LogP contribution in [0.3, 0.4) is 0 Å². The van der Waals surface area contributed by atoms with Crippen molar-refractivity contribution < 1.29 is 38.5 Å². The fraction of sp³-hybridized carbons (Fsp3) is 0.571. The number of ether oxygens (including phenoxy) is 2. The highest BCUT2D eigenvalue weighted by molar-refractivity contribution is 7.28. The molecule has 13 rings (SSSR count). The SMILES string of the molecule is CCc1c(F)ccc2cc(O)cc(-c3ncc4c(N5CCCC(O)C5)nc(OC)nc4c3P)c12.COCC1CCC2CCCN21.Cn1c(=O)n(C2CCC(=O)NC2=O)c2ccc(C3CCN(CC4CCC5(CC4)CCN(C=O)C5)CC3)cc21. The normalized spacial score (nSPS) is 25.2. The van der Waals surface area contributed by atoms with Gasteiger partial charge in [0.1, 0.15) is 23.4 Å². The Labute approximate surface area is 487 Å². The van der Waals surface area contributed by atoms with Crippen LogP contribution in [0.1, 0.15) is 126 Å². The number of phenols is 1. The minimum Gasteiger partial charge on any atom is -0.508 e. The Morgan fingerprint density at radius 2 is 1.69 bits per heavy atom. The number of pyridine rings is 1. The number of nitrogens with one attached hydrogen (secondary N) is 1. The van der Waals surface area contributed by atoms with E-state index < -0.39 is 18.1 Å². The summed E-state index contributed by atoms with van der Waals surface area (Å²) in [6, 6.07) is 13.8. The van der Waals surface area contributed by atoms with Gasteiger partial charge >= 0.3 is 11.7 Å². The molecule has 3 aromatic heterocycles. The van der Waals surface area contributed by atoms with Crippen LogP contribution in [0.25, 0.3) is 44.0 Å². The molecule has 444 valence electrons. The summed E-state index contributed by atoms with van der Waals surface area (Å²) in [5, 5.41) is 25.9. The maximum Gasteiger partial charge on any atom is 0.329 e. The number of rotatable bonds is 11. The molecule has 1 aliphatic carbocycles. The van der Waals surface area contributed by atoms with E-state index in [1.54, 1.807) is 40.6 Å². The minimum atomic E-state index is -0.648. The highest BCUT2D eigenvalue weighted by atomic mass is 31.0. The van der Waals surface area contributed by atoms with Gasteiger partial charge in [-0.05, 0) is 185 Å². The fourth-order valence-corrected chi connectivity index (χ4v) is 15.4. The van der Waals surface area contributed by atoms with E-state index >= 15 is 0 Å². The first-order valence-corrected chi connectivity index (χ1v) is 30.8. The highest BCUT2D eigenvalue weighted by Crippen LogP contribution is 2.46. The average molecular weight is 1160 g/mol. The zero-order valence-corrected chi connectivity index (χ0v) is 49.8. The number of carbonyl (C=O) groups is 3. The number of imide groups is 1. The number of aromatic nitrogens is 5. The molecule has 3 aromatic carbocycles. The van der Waals surface area contributed by atoms with Crippen molar-refractivity contribution in [2.45, 2.75) is 140 Å². The number of β-amino-alcohol motifs (C(OH)–C–C–N with tert-alkyl or cyclic N) is 1. The molecule has 7 fully saturated rings. The summed E-state index contributed by atoms with van der Waals surface area (Å²) in [4.78, 5) is 71.5. The summed E-state index contributed by atoms with van der Waals surface area (Å²) in [7, 11) is 7.78. The lowest BCUT2D eigenvalue weighted by Gasteiger charge is -2.40. The number of anilines is 1. The van der Waals surface area contributed by atoms with Crippen molar-refractivity contribution in [1.29, 1.82) is 0 Å². The number of benzene rings is 3. The van der Waals surface area contributed by atoms with Gasteiger partial charge in [0.25, 0.3) is 0 Å². The van der Waals surface area contributed by atoms with Crippen molar-refractivity contribution >= 4 is 71.3 Å². The molecule has 5 atom stereocenters. The zero-order chi connectivity index (χ0) is 58.1. The van der Waals surface area contributed by atoms with Gasteiger partial charge in [0.15, 0.2) is 0 Å². The predicted molar refractivity (Wildman–Crippen MR) is 323 cm³/mol. The van der Waals surface area contributed by atoms with Crippen molar-refractivity contribution in [2.75, 3.05) is 78.1 Å². The first kappa shape index (κ1) is 58.7. The molecule has 5 unspecified atom stereocenters. The van der Waals surface area contributed by atoms with E-state index in [9.17, 15) is 33.8 Å². The molecule has 1 spiro atoms. The van der Waals surface area contributed by atoms with E-state index in [0.29, 0.717) is 64.2 Å². The number of carbonyl (C=O) groups excluding carboxylic acids is 3. The number of nitrogens with zero attached hydrogens (tertiary/aromatic N) is 9. The Morgan fingerprint density at radius 3 is 2.41 bits per heavy atom. The molecular formula is C63H82FN10O8P. The molecule has 18 nitrogen and oxygen atoms in total. The van der Waals surface area contributed by atoms with Gasteiger partial charge in [-0.25, -0.2) is 9.18 Å². The van der Waals surface area contributed by atoms with Crippen molar-refractivity contribution in [3.05, 3.63) is 76.1 Å². The van der Waals surface area contributed by atoms with Gasteiger partial charge in [-0.2, -0.15) is 9.97 Å². The first-order valence-electron chi connectivity index (χ1n) is 30.3. The van der Waals surface area contributed by atoms with Crippen LogP contribution in [0, 0.1) is 17.2 Å². The van der Waals surface area contributed by atoms with Gasteiger partial charge in [0, 0.05) is 82.5 Å². The summed E-state index contributed by atoms with van der Waals surface area (Å²) in [5.74, 6) is 0.998. The summed E-state index contributed by atoms with van der Waals surface area (Å²) in [5.41, 5.74) is 5.43. The second-order valence-corrected chi connectivity index (χ2v) is 25.1. The largest absolute Gasteiger partial charge is 0.508 e. The lowest BCUT2D eigenvalue weighted by molar-refractivity contribution is -0.135. The van der Waals surface area contributed by atoms with Crippen LogP contribution in [-0.2, 0) is 32.6 Å². The van der Waals surface area contributed by atoms with Crippen LogP contribution < -0.4 is 25.9 Å². The number of aryl methyl sites for hydroxylation is 2. The van der Waals surface area contributed by atoms with Gasteiger partial charge < -0.3 is 34.4 Å². The number of imidazole rings is 1. The lowest BCUT2D eigenvalue weighted by Crippen LogP contribution is -2.44. The molecule has 9 heterocycles. The number of hydrogen-bond acceptors (Lipinski definition) is 14. The Hall–Kier alpha value is -6.11. The number of halogens is 1. The lowest BCUT2D eigenvalue weighted by atomic mass is 9.70. The van der Waals surface area contributed by atoms with Gasteiger partial charge in [-0.1, -0.05) is 19.1 Å². The van der Waals surface area contributed by atoms with Gasteiger partial charge in [0.2, 0.25) is 18.2 Å². The molecule has 6 aromatic rings. The van der Waals surface area contributed by atoms with Crippen LogP contribution >= 0.6 is 9.24 Å². The molecular weight excluding hydrogens is 1070 g/mol. The number of fused-ring (bicyclic) bond motifs is 4. The summed E-state index contributed by atoms with van der Waals surface area (Å²) in [6.45, 7) is 10.7. The molecule has 7 aliphatic rings. The Morgan fingerprint density at radius 1 is 0.892 bits per heavy atom. The third-order valence-corrected chi connectivity index (χ3v) is 20.0. The Kier molecular flexibility index (Phi) is 17.8. The van der Waals surface area contributed by atoms with Crippen LogP contribution in [0.5, 0.6) is 11.8 Å². The molecule has 20 heteroatoms. The minimum absolute atomic E-state index is 0.0747. The number of phenolic OH excluding ortho intramolecular Hbond substituents is 1. The predicted octanol–water partition coefficient (Wildman–Crippen LogP) is 7.52. The zero-order valence-electron chi connectivity index (χ0n) is 48.7. The molecule has 6 aliphatic heterocycles. The summed E-state index contributed by atoms with van der Waals surface area (Å²) >= 11 is 0. The molecule has 0 radical (unpaired) electrons. The average Bonchev–Trinajstić information content (AvgIpc) is 2.89. The summed E-state index contributed by atoms with van der Waals surface area (Å²) in [6.07, 6.45) is 19.1. The Bertz CT molecular complexity index is 3430. The van der Waals surface area contributed by atoms with Crippen molar-refractivity contribution in [1.82, 2.24) is 44.1 Å². The summed E-state index contributed by atoms with van der Waals surface area (Å²) < 4.78 is 28.5. The number of likely N-dealkylation sites (tertiary alicyclic amines) is 2. The van der Waals surface area contributed by atoms with Gasteiger partial charge in [0.05, 0.1) is 47.5 Å². The molecule has 83 heavy (non-hydrogen) atoms. The van der Waals surface area contributed by atoms with Crippen LogP contribution in [0.2, 0.25) is 0 Å². The molecule has 1 saturated carbocycles. The van der Waals surface area contributed by atoms with E-state index in [1.807, 2.05) is 29.9 Å². The maximum atomic E-state index is 14.7. The number of amides is 3. The molecule has 3 amide bonds. The monoisotopic (exact) mass is 1160 g/mol. The van der Waals surface area contributed by atoms with Crippen molar-refractivity contribution in [3.63, 3.8) is 0 Å². The van der Waals surface area contributed by atoms with E-state index in [2.05, 4.69) is 46.5 Å². The molecule has 3 N–H and O–H groups in total. The third kappa shape index (κ3) is 12.1. The topological polar surface area (TPSA) is 201 Å². The van der Waals surface area contributed by atoms with Crippen LogP contribution in [0.15, 0.2) is 53.5 Å². The van der Waals surface area contributed by atoms with Crippen LogP contribution in [0.4, 0.5) is 10.2 Å². The standard InChI is InChI=1S/C29H39N5O4.C25H26FN4O3P.C9H17NO/c1-31-25-16-22(2-3-23(25)34(28(31)38)24-4-5-26(36)30-27(24)37)21-8-13-32(14-9-21)17-20-6-10-29(11-7-20)12-15-33(18-29)19-35;1-3-16-19(26)7-6-13-9-15(32)10-17(20(13)16)21-23(34)22-18(11-27-21)24(29-25(28-22)33-2)30-8-4-5-14(31)12-30;1-11-7-9-5-4-8-3-2-6-10(8)9/h2-3,16,19-21,24H,4-15,17-18H2,1H3,(H,30,36,37);6-7,9-11,14,31-32H,3-5,8,12,34H2,1-2H3;8-9H,2-7H2,1H3. The van der Waals surface area contributed by atoms with E-state index in [4.69, 9.17) is 14.5 Å². The van der Waals surface area contributed by atoms with Crippen molar-refractivity contribution in [2.24, 2.45) is 18.4 Å². The maximum absolute atomic E-state index is 14.7. The van der Waals surface area contributed by atoms with Crippen molar-refractivity contribution in [3.8, 4) is 23.0 Å². The Balaban J connectivity index is 0.000000147. The number of aliphatic hydroxyl groups excluding tert-OH is 1. The number of piperidine rings is 3. The van der Waals surface area contributed by atoms with Gasteiger partial charge in [-0.3, -0.25) is 38.7 Å². The highest BCUT2D eigenvalue weighted by Gasteiger charge is 2.41. The fourth-order valence-electron chi connectivity index (χ4n) is 15.0. The number of hydrogen-bond donors (Lipinski definition) is 3. The van der Waals surface area contributed by atoms with E-state index in [1.165, 1.54) is 89.6 Å². The number of methoxy groups -OCH3 is 2. The van der Waals surface area contributed by atoms with E-state index in [-0.39, 0.29) is 35.6 Å². The molecule has 6 saturated heterocycles. The van der Waals surface area contributed by atoms with Crippen LogP contribution in [-0.4, -0.2) is 159 Å². The smallest absolute Gasteiger partial charge is 0.329 e. The second-order valence-electron chi connectivity index (χ2n) is 24.5. The third-order valence-electron chi connectivity index (χ3n) is 19.5. The second kappa shape index (κ2) is 25.2. The van der Waals surface area contributed by atoms with E-state index in [0.717, 1.165) is 117 Å². The van der Waals surface area contributed by atoms with Gasteiger partial charge in [-0.15, -0.1) is 9.24 Å². The quantitative estimate of drug-likeness (QED) is 0.0654. The number of aliphatic hydroxyl groups is 1.